The second-order valence-electron chi connectivity index (χ2n) is 7.82. The van der Waals surface area contributed by atoms with Crippen molar-refractivity contribution in [2.45, 2.75) is 38.4 Å². The summed E-state index contributed by atoms with van der Waals surface area (Å²) in [4.78, 5) is 12.6. The number of hydrogen-bond acceptors (Lipinski definition) is 3. The van der Waals surface area contributed by atoms with Gasteiger partial charge in [0.25, 0.3) is 0 Å². The Hall–Kier alpha value is -1.70. The first-order valence-electron chi connectivity index (χ1n) is 9.87. The highest BCUT2D eigenvalue weighted by Gasteiger charge is 2.31. The zero-order chi connectivity index (χ0) is 21.0. The predicted molar refractivity (Wildman–Crippen MR) is 120 cm³/mol. The van der Waals surface area contributed by atoms with Crippen LogP contribution in [0.1, 0.15) is 43.7 Å². The summed E-state index contributed by atoms with van der Waals surface area (Å²) in [6.45, 7) is 5.02. The number of amides is 1. The molecule has 0 radical (unpaired) electrons. The molecule has 0 bridgehead atoms. The van der Waals surface area contributed by atoms with Crippen LogP contribution in [0.3, 0.4) is 0 Å². The number of rotatable bonds is 6. The van der Waals surface area contributed by atoms with Gasteiger partial charge < -0.3 is 5.32 Å². The number of piperidine rings is 1. The molecule has 29 heavy (non-hydrogen) atoms. The van der Waals surface area contributed by atoms with Gasteiger partial charge in [-0.15, -0.1) is 0 Å². The second kappa shape index (κ2) is 9.41. The van der Waals surface area contributed by atoms with E-state index in [0.29, 0.717) is 31.8 Å². The molecule has 7 heteroatoms. The van der Waals surface area contributed by atoms with Crippen molar-refractivity contribution in [2.75, 3.05) is 18.4 Å². The van der Waals surface area contributed by atoms with Gasteiger partial charge >= 0.3 is 0 Å². The molecular formula is C22H27BrN2O3S. The van der Waals surface area contributed by atoms with Crippen molar-refractivity contribution in [3.05, 3.63) is 64.1 Å². The van der Waals surface area contributed by atoms with Gasteiger partial charge in [-0.05, 0) is 54.2 Å². The molecule has 1 heterocycles. The average molecular weight is 479 g/mol. The second-order valence-corrected chi connectivity index (χ2v) is 10.7. The maximum absolute atomic E-state index is 12.7. The molecule has 0 unspecified atom stereocenters. The monoisotopic (exact) mass is 478 g/mol. The van der Waals surface area contributed by atoms with E-state index in [1.54, 1.807) is 0 Å². The van der Waals surface area contributed by atoms with Gasteiger partial charge in [-0.2, -0.15) is 0 Å². The maximum Gasteiger partial charge on any atom is 0.227 e. The van der Waals surface area contributed by atoms with Crippen LogP contribution in [-0.4, -0.2) is 31.7 Å². The van der Waals surface area contributed by atoms with E-state index in [-0.39, 0.29) is 17.6 Å². The first-order chi connectivity index (χ1) is 13.7. The van der Waals surface area contributed by atoms with E-state index in [1.807, 2.05) is 48.5 Å². The number of carbonyl (C=O) groups is 1. The predicted octanol–water partition coefficient (Wildman–Crippen LogP) is 4.75. The Bertz CT molecular complexity index is 933. The van der Waals surface area contributed by atoms with Crippen molar-refractivity contribution in [3.8, 4) is 0 Å². The number of hydrogen-bond donors (Lipinski definition) is 1. The van der Waals surface area contributed by atoms with Crippen LogP contribution in [0.15, 0.2) is 53.0 Å². The molecule has 1 aliphatic rings. The highest BCUT2D eigenvalue weighted by atomic mass is 79.9. The van der Waals surface area contributed by atoms with Gasteiger partial charge in [0, 0.05) is 29.2 Å². The van der Waals surface area contributed by atoms with Crippen LogP contribution in [0.2, 0.25) is 0 Å². The number of nitrogens with zero attached hydrogens (tertiary/aromatic N) is 1. The standard InChI is InChI=1S/C22H27BrN2O3S/c1-16(2)18-5-9-21(10-6-18)24-22(26)19-11-13-25(14-12-19)29(27,28)15-17-3-7-20(23)8-4-17/h3-10,16,19H,11-15H2,1-2H3,(H,24,26). The highest BCUT2D eigenvalue weighted by molar-refractivity contribution is 9.10. The SMILES string of the molecule is CC(C)c1ccc(NC(=O)C2CCN(S(=O)(=O)Cc3ccc(Br)cc3)CC2)cc1. The van der Waals surface area contributed by atoms with Crippen molar-refractivity contribution in [3.63, 3.8) is 0 Å². The molecule has 2 aromatic rings. The summed E-state index contributed by atoms with van der Waals surface area (Å²) in [5.74, 6) is 0.230. The van der Waals surface area contributed by atoms with E-state index in [4.69, 9.17) is 0 Å². The molecule has 0 spiro atoms. The van der Waals surface area contributed by atoms with Crippen LogP contribution < -0.4 is 5.32 Å². The van der Waals surface area contributed by atoms with Crippen molar-refractivity contribution < 1.29 is 13.2 Å². The quantitative estimate of drug-likeness (QED) is 0.650. The average Bonchev–Trinajstić information content (AvgIpc) is 2.70. The molecule has 5 nitrogen and oxygen atoms in total. The molecule has 3 rings (SSSR count). The number of sulfonamides is 1. The lowest BCUT2D eigenvalue weighted by molar-refractivity contribution is -0.120. The van der Waals surface area contributed by atoms with Crippen LogP contribution in [0, 0.1) is 5.92 Å². The largest absolute Gasteiger partial charge is 0.326 e. The van der Waals surface area contributed by atoms with Crippen LogP contribution in [0.5, 0.6) is 0 Å². The van der Waals surface area contributed by atoms with E-state index in [9.17, 15) is 13.2 Å². The molecule has 1 saturated heterocycles. The lowest BCUT2D eigenvalue weighted by Crippen LogP contribution is -2.41. The zero-order valence-corrected chi connectivity index (χ0v) is 19.2. The number of halogens is 1. The van der Waals surface area contributed by atoms with Gasteiger partial charge in [-0.1, -0.05) is 54.0 Å². The first kappa shape index (κ1) is 22.0. The van der Waals surface area contributed by atoms with Crippen LogP contribution in [-0.2, 0) is 20.6 Å². The van der Waals surface area contributed by atoms with Gasteiger partial charge in [-0.25, -0.2) is 12.7 Å². The summed E-state index contributed by atoms with van der Waals surface area (Å²) >= 11 is 3.36. The molecule has 2 aromatic carbocycles. The molecule has 0 atom stereocenters. The normalized spacial score (nSPS) is 16.1. The van der Waals surface area contributed by atoms with Gasteiger partial charge in [0.2, 0.25) is 15.9 Å². The minimum atomic E-state index is -3.38. The van der Waals surface area contributed by atoms with E-state index in [2.05, 4.69) is 35.1 Å². The molecule has 0 aromatic heterocycles. The van der Waals surface area contributed by atoms with Gasteiger partial charge in [0.1, 0.15) is 0 Å². The minimum absolute atomic E-state index is 0.0145. The smallest absolute Gasteiger partial charge is 0.227 e. The van der Waals surface area contributed by atoms with Crippen LogP contribution in [0.25, 0.3) is 0 Å². The minimum Gasteiger partial charge on any atom is -0.326 e. The van der Waals surface area contributed by atoms with Crippen molar-refractivity contribution in [1.29, 1.82) is 0 Å². The third-order valence-electron chi connectivity index (χ3n) is 5.33. The molecule has 0 aliphatic carbocycles. The number of carbonyl (C=O) groups excluding carboxylic acids is 1. The Morgan fingerprint density at radius 3 is 2.21 bits per heavy atom. The Morgan fingerprint density at radius 1 is 1.07 bits per heavy atom. The van der Waals surface area contributed by atoms with Crippen LogP contribution >= 0.6 is 15.9 Å². The van der Waals surface area contributed by atoms with E-state index >= 15 is 0 Å². The summed E-state index contributed by atoms with van der Waals surface area (Å²) in [5, 5.41) is 2.97. The maximum atomic E-state index is 12.7. The molecule has 1 aliphatic heterocycles. The third kappa shape index (κ3) is 5.90. The molecule has 1 N–H and O–H groups in total. The fourth-order valence-electron chi connectivity index (χ4n) is 3.47. The van der Waals surface area contributed by atoms with Gasteiger partial charge in [0.15, 0.2) is 0 Å². The Labute approximate surface area is 181 Å². The lowest BCUT2D eigenvalue weighted by atomic mass is 9.97. The third-order valence-corrected chi connectivity index (χ3v) is 7.70. The fraction of sp³-hybridized carbons (Fsp3) is 0.409. The number of anilines is 1. The fourth-order valence-corrected chi connectivity index (χ4v) is 5.30. The lowest BCUT2D eigenvalue weighted by Gasteiger charge is -2.30. The highest BCUT2D eigenvalue weighted by Crippen LogP contribution is 2.24. The number of benzene rings is 2. The molecule has 0 saturated carbocycles. The summed E-state index contributed by atoms with van der Waals surface area (Å²) in [7, 11) is -3.38. The Morgan fingerprint density at radius 2 is 1.66 bits per heavy atom. The molecular weight excluding hydrogens is 452 g/mol. The van der Waals surface area contributed by atoms with Crippen molar-refractivity contribution in [2.24, 2.45) is 5.92 Å². The van der Waals surface area contributed by atoms with Crippen LogP contribution in [0.4, 0.5) is 5.69 Å². The Kier molecular flexibility index (Phi) is 7.14. The Balaban J connectivity index is 1.53. The summed E-state index contributed by atoms with van der Waals surface area (Å²) in [6, 6.07) is 15.2. The topological polar surface area (TPSA) is 66.5 Å². The first-order valence-corrected chi connectivity index (χ1v) is 12.3. The van der Waals surface area contributed by atoms with E-state index in [0.717, 1.165) is 15.7 Å². The van der Waals surface area contributed by atoms with Crippen molar-refractivity contribution >= 4 is 37.5 Å². The molecule has 1 amide bonds. The van der Waals surface area contributed by atoms with E-state index in [1.165, 1.54) is 9.87 Å². The summed E-state index contributed by atoms with van der Waals surface area (Å²) in [6.07, 6.45) is 1.07. The van der Waals surface area contributed by atoms with Crippen molar-refractivity contribution in [1.82, 2.24) is 4.31 Å². The zero-order valence-electron chi connectivity index (χ0n) is 16.8. The van der Waals surface area contributed by atoms with Gasteiger partial charge in [-0.3, -0.25) is 4.79 Å². The molecule has 1 fully saturated rings. The van der Waals surface area contributed by atoms with Gasteiger partial charge in [0.05, 0.1) is 5.75 Å². The molecule has 156 valence electrons. The summed E-state index contributed by atoms with van der Waals surface area (Å²) < 4.78 is 27.8. The summed E-state index contributed by atoms with van der Waals surface area (Å²) in [5.41, 5.74) is 2.77. The number of nitrogens with one attached hydrogen (secondary N) is 1. The van der Waals surface area contributed by atoms with E-state index < -0.39 is 10.0 Å².